The summed E-state index contributed by atoms with van der Waals surface area (Å²) >= 11 is 0. The van der Waals surface area contributed by atoms with Crippen LogP contribution in [0.5, 0.6) is 11.5 Å². The largest absolute Gasteiger partial charge is 0.457 e. The summed E-state index contributed by atoms with van der Waals surface area (Å²) in [7, 11) is 0. The Morgan fingerprint density at radius 2 is 1.84 bits per heavy atom. The van der Waals surface area contributed by atoms with E-state index in [2.05, 4.69) is 11.9 Å². The molecule has 3 N–H and O–H groups in total. The first-order valence-electron chi connectivity index (χ1n) is 13.1. The minimum atomic E-state index is -0.649. The zero-order chi connectivity index (χ0) is 26.8. The fraction of sp³-hybridized carbons (Fsp3) is 0.433. The minimum Gasteiger partial charge on any atom is -0.457 e. The maximum atomic E-state index is 13.5. The van der Waals surface area contributed by atoms with Crippen LogP contribution >= 0.6 is 0 Å². The molecule has 198 valence electrons. The number of benzene rings is 2. The fourth-order valence-corrected chi connectivity index (χ4v) is 4.85. The predicted octanol–water partition coefficient (Wildman–Crippen LogP) is 4.82. The lowest BCUT2D eigenvalue weighted by molar-refractivity contribution is -0.139. The normalized spacial score (nSPS) is 17.5. The number of nitrogens with zero attached hydrogens (tertiary/aromatic N) is 1. The van der Waals surface area contributed by atoms with Crippen LogP contribution in [-0.2, 0) is 20.9 Å². The monoisotopic (exact) mass is 505 g/mol. The summed E-state index contributed by atoms with van der Waals surface area (Å²) in [6.45, 7) is 8.75. The second kappa shape index (κ2) is 13.6. The van der Waals surface area contributed by atoms with E-state index in [-0.39, 0.29) is 17.7 Å². The Balaban J connectivity index is 1.71. The van der Waals surface area contributed by atoms with Crippen molar-refractivity contribution in [3.05, 3.63) is 72.8 Å². The molecule has 0 aliphatic carbocycles. The second-order valence-electron chi connectivity index (χ2n) is 10.1. The third-order valence-corrected chi connectivity index (χ3v) is 6.68. The number of carbonyl (C=O) groups excluding carboxylic acids is 3. The van der Waals surface area contributed by atoms with Gasteiger partial charge in [-0.05, 0) is 67.9 Å². The van der Waals surface area contributed by atoms with Crippen molar-refractivity contribution in [1.82, 2.24) is 10.2 Å². The number of para-hydroxylation sites is 1. The summed E-state index contributed by atoms with van der Waals surface area (Å²) in [6, 6.07) is 16.6. The Morgan fingerprint density at radius 3 is 2.51 bits per heavy atom. The predicted molar refractivity (Wildman–Crippen MR) is 145 cm³/mol. The lowest BCUT2D eigenvalue weighted by atomic mass is 9.82. The van der Waals surface area contributed by atoms with Gasteiger partial charge in [0.1, 0.15) is 17.5 Å². The first-order chi connectivity index (χ1) is 17.8. The van der Waals surface area contributed by atoms with Crippen LogP contribution in [-0.4, -0.2) is 35.2 Å². The maximum absolute atomic E-state index is 13.5. The first kappa shape index (κ1) is 28.0. The minimum absolute atomic E-state index is 0.108. The number of ether oxygens (including phenoxy) is 1. The highest BCUT2D eigenvalue weighted by molar-refractivity contribution is 5.91. The van der Waals surface area contributed by atoms with Crippen molar-refractivity contribution in [2.45, 2.75) is 58.5 Å². The highest BCUT2D eigenvalue weighted by atomic mass is 16.5. The van der Waals surface area contributed by atoms with Crippen molar-refractivity contribution < 1.29 is 19.1 Å². The molecule has 0 radical (unpaired) electrons. The van der Waals surface area contributed by atoms with E-state index in [0.29, 0.717) is 38.1 Å². The topological polar surface area (TPSA) is 102 Å². The third kappa shape index (κ3) is 8.20. The number of nitrogens with one attached hydrogen (secondary N) is 1. The first-order valence-corrected chi connectivity index (χ1v) is 13.1. The van der Waals surface area contributed by atoms with E-state index in [1.54, 1.807) is 11.0 Å². The zero-order valence-electron chi connectivity index (χ0n) is 21.9. The molecule has 0 spiro atoms. The highest BCUT2D eigenvalue weighted by Gasteiger charge is 2.35. The van der Waals surface area contributed by atoms with Crippen LogP contribution in [0.3, 0.4) is 0 Å². The van der Waals surface area contributed by atoms with Gasteiger partial charge in [0.25, 0.3) is 0 Å². The molecule has 0 unspecified atom stereocenters. The van der Waals surface area contributed by atoms with Crippen molar-refractivity contribution in [3.8, 4) is 11.5 Å². The van der Waals surface area contributed by atoms with Gasteiger partial charge in [-0.2, -0.15) is 0 Å². The van der Waals surface area contributed by atoms with Gasteiger partial charge in [0, 0.05) is 13.1 Å². The molecule has 0 saturated carbocycles. The van der Waals surface area contributed by atoms with Gasteiger partial charge in [0.2, 0.25) is 17.7 Å². The Morgan fingerprint density at radius 1 is 1.11 bits per heavy atom. The molecule has 3 atom stereocenters. The summed E-state index contributed by atoms with van der Waals surface area (Å²) in [6.07, 6.45) is 4.69. The van der Waals surface area contributed by atoms with E-state index in [4.69, 9.17) is 10.5 Å². The number of rotatable bonds is 12. The smallest absolute Gasteiger partial charge is 0.245 e. The van der Waals surface area contributed by atoms with Gasteiger partial charge in [-0.3, -0.25) is 14.4 Å². The van der Waals surface area contributed by atoms with Gasteiger partial charge in [-0.1, -0.05) is 50.3 Å². The van der Waals surface area contributed by atoms with Crippen LogP contribution in [0.2, 0.25) is 0 Å². The summed E-state index contributed by atoms with van der Waals surface area (Å²) in [5, 5.41) is 2.97. The molecule has 1 aliphatic rings. The molecule has 2 aromatic rings. The van der Waals surface area contributed by atoms with E-state index in [1.807, 2.05) is 68.4 Å². The molecule has 1 aliphatic heterocycles. The van der Waals surface area contributed by atoms with Crippen LogP contribution in [0.25, 0.3) is 0 Å². The van der Waals surface area contributed by atoms with Gasteiger partial charge in [-0.15, -0.1) is 6.58 Å². The standard InChI is InChI=1S/C30H39N3O4/c1-4-11-25(28(31)34)26(18-21(2)3)29(35)32-27-16-8-9-17-33(30(27)36)20-22-12-10-15-24(19-22)37-23-13-6-5-7-14-23/h4-7,10,12-15,19,21,25-27H,1,8-9,11,16-18,20H2,2-3H3,(H2,31,34)(H,32,35)/t25-,26+,27-/m0/s1. The Hall–Kier alpha value is -3.61. The molecule has 7 nitrogen and oxygen atoms in total. The fourth-order valence-electron chi connectivity index (χ4n) is 4.85. The summed E-state index contributed by atoms with van der Waals surface area (Å²) in [5.41, 5.74) is 6.59. The van der Waals surface area contributed by atoms with Crippen molar-refractivity contribution in [2.75, 3.05) is 6.54 Å². The molecule has 1 heterocycles. The van der Waals surface area contributed by atoms with E-state index >= 15 is 0 Å². The van der Waals surface area contributed by atoms with Crippen molar-refractivity contribution in [3.63, 3.8) is 0 Å². The molecule has 2 aromatic carbocycles. The Labute approximate surface area is 220 Å². The van der Waals surface area contributed by atoms with Gasteiger partial charge in [0.15, 0.2) is 0 Å². The number of hydrogen-bond acceptors (Lipinski definition) is 4. The number of amides is 3. The third-order valence-electron chi connectivity index (χ3n) is 6.68. The lowest BCUT2D eigenvalue weighted by Gasteiger charge is -2.29. The molecule has 1 saturated heterocycles. The van der Waals surface area contributed by atoms with Gasteiger partial charge >= 0.3 is 0 Å². The molecular formula is C30H39N3O4. The number of likely N-dealkylation sites (tertiary alicyclic amines) is 1. The summed E-state index contributed by atoms with van der Waals surface area (Å²) in [4.78, 5) is 40.8. The number of primary amides is 1. The molecule has 37 heavy (non-hydrogen) atoms. The van der Waals surface area contributed by atoms with E-state index < -0.39 is 23.8 Å². The zero-order valence-corrected chi connectivity index (χ0v) is 21.9. The van der Waals surface area contributed by atoms with Crippen LogP contribution < -0.4 is 15.8 Å². The van der Waals surface area contributed by atoms with Crippen LogP contribution in [0.15, 0.2) is 67.3 Å². The van der Waals surface area contributed by atoms with Crippen LogP contribution in [0.4, 0.5) is 0 Å². The lowest BCUT2D eigenvalue weighted by Crippen LogP contribution is -2.50. The quantitative estimate of drug-likeness (QED) is 0.404. The van der Waals surface area contributed by atoms with Crippen molar-refractivity contribution >= 4 is 17.7 Å². The Kier molecular flexibility index (Phi) is 10.3. The SMILES string of the molecule is C=CC[C@H](C(N)=O)[C@@H](CC(C)C)C(=O)N[C@H]1CCCCN(Cc2cccc(Oc3ccccc3)c2)C1=O. The summed E-state index contributed by atoms with van der Waals surface area (Å²) in [5.74, 6) is -0.542. The molecule has 7 heteroatoms. The van der Waals surface area contributed by atoms with Gasteiger partial charge in [-0.25, -0.2) is 0 Å². The average molecular weight is 506 g/mol. The van der Waals surface area contributed by atoms with E-state index in [9.17, 15) is 14.4 Å². The average Bonchev–Trinajstić information content (AvgIpc) is 3.03. The van der Waals surface area contributed by atoms with E-state index in [0.717, 1.165) is 24.2 Å². The van der Waals surface area contributed by atoms with Crippen molar-refractivity contribution in [2.24, 2.45) is 23.5 Å². The highest BCUT2D eigenvalue weighted by Crippen LogP contribution is 2.26. The number of carbonyl (C=O) groups is 3. The molecule has 0 aromatic heterocycles. The molecule has 1 fully saturated rings. The molecule has 3 rings (SSSR count). The molecular weight excluding hydrogens is 466 g/mol. The maximum Gasteiger partial charge on any atom is 0.245 e. The van der Waals surface area contributed by atoms with Gasteiger partial charge in [0.05, 0.1) is 11.8 Å². The second-order valence-corrected chi connectivity index (χ2v) is 10.1. The molecule has 3 amide bonds. The summed E-state index contributed by atoms with van der Waals surface area (Å²) < 4.78 is 5.95. The van der Waals surface area contributed by atoms with Crippen molar-refractivity contribution in [1.29, 1.82) is 0 Å². The number of allylic oxidation sites excluding steroid dienone is 1. The molecule has 0 bridgehead atoms. The van der Waals surface area contributed by atoms with E-state index in [1.165, 1.54) is 0 Å². The van der Waals surface area contributed by atoms with Crippen LogP contribution in [0, 0.1) is 17.8 Å². The number of nitrogens with two attached hydrogens (primary N) is 1. The van der Waals surface area contributed by atoms with Crippen LogP contribution in [0.1, 0.15) is 51.5 Å². The number of hydrogen-bond donors (Lipinski definition) is 2. The Bertz CT molecular complexity index is 1070. The van der Waals surface area contributed by atoms with Gasteiger partial charge < -0.3 is 20.7 Å².